The molecule has 0 bridgehead atoms. The molecule has 3 heterocycles. The third kappa shape index (κ3) is 4.10. The van der Waals surface area contributed by atoms with Gasteiger partial charge in [-0.2, -0.15) is 0 Å². The Morgan fingerprint density at radius 3 is 2.69 bits per heavy atom. The summed E-state index contributed by atoms with van der Waals surface area (Å²) in [4.78, 5) is 19.7. The summed E-state index contributed by atoms with van der Waals surface area (Å²) in [6.07, 6.45) is 1.98. The van der Waals surface area contributed by atoms with Gasteiger partial charge in [-0.05, 0) is 28.6 Å². The Morgan fingerprint density at radius 2 is 1.94 bits per heavy atom. The molecule has 1 N–H and O–H groups in total. The molecule has 1 amide bonds. The molecule has 1 saturated heterocycles. The maximum Gasteiger partial charge on any atom is 0.265 e. The highest BCUT2D eigenvalue weighted by atomic mass is 31.0. The third-order valence-electron chi connectivity index (χ3n) is 5.92. The van der Waals surface area contributed by atoms with Gasteiger partial charge in [0.05, 0.1) is 12.2 Å². The lowest BCUT2D eigenvalue weighted by Crippen LogP contribution is -2.33. The van der Waals surface area contributed by atoms with Crippen molar-refractivity contribution in [1.82, 2.24) is 4.98 Å². The number of halogens is 1. The Hall–Kier alpha value is -2.55. The van der Waals surface area contributed by atoms with Crippen LogP contribution < -0.4 is 20.3 Å². The van der Waals surface area contributed by atoms with Gasteiger partial charge in [0, 0.05) is 31.1 Å². The minimum atomic E-state index is -1.37. The quantitative estimate of drug-likeness (QED) is 0.591. The average molecular weight is 467 g/mol. The van der Waals surface area contributed by atoms with Gasteiger partial charge in [-0.25, -0.2) is 9.37 Å². The summed E-state index contributed by atoms with van der Waals surface area (Å²) in [6.45, 7) is 0.720. The van der Waals surface area contributed by atoms with Gasteiger partial charge in [-0.1, -0.05) is 51.7 Å². The number of pyridine rings is 1. The molecule has 164 valence electrons. The maximum absolute atomic E-state index is 14.6. The predicted molar refractivity (Wildman–Crippen MR) is 133 cm³/mol. The molecule has 2 aliphatic heterocycles. The molecule has 4 atom stereocenters. The Labute approximate surface area is 191 Å². The van der Waals surface area contributed by atoms with Crippen molar-refractivity contribution in [3.63, 3.8) is 0 Å². The van der Waals surface area contributed by atoms with Crippen LogP contribution in [-0.2, 0) is 11.2 Å². The van der Waals surface area contributed by atoms with E-state index in [1.807, 2.05) is 59.5 Å². The molecule has 0 spiro atoms. The van der Waals surface area contributed by atoms with Crippen LogP contribution in [0.2, 0.25) is 0 Å². The van der Waals surface area contributed by atoms with Crippen LogP contribution in [0.3, 0.4) is 0 Å². The number of aromatic nitrogens is 1. The second-order valence-corrected chi connectivity index (χ2v) is 9.91. The monoisotopic (exact) mass is 467 g/mol. The van der Waals surface area contributed by atoms with E-state index in [-0.39, 0.29) is 12.5 Å². The zero-order valence-corrected chi connectivity index (χ0v) is 19.7. The van der Waals surface area contributed by atoms with Gasteiger partial charge in [0.15, 0.2) is 11.9 Å². The number of alkyl halides is 1. The summed E-state index contributed by atoms with van der Waals surface area (Å²) < 4.78 is 20.5. The van der Waals surface area contributed by atoms with E-state index in [0.29, 0.717) is 30.9 Å². The largest absolute Gasteiger partial charge is 0.480 e. The van der Waals surface area contributed by atoms with Gasteiger partial charge in [0.2, 0.25) is 0 Å². The predicted octanol–water partition coefficient (Wildman–Crippen LogP) is 3.94. The van der Waals surface area contributed by atoms with Crippen LogP contribution in [0.1, 0.15) is 12.0 Å². The van der Waals surface area contributed by atoms with Gasteiger partial charge in [-0.3, -0.25) is 4.79 Å². The Kier molecular flexibility index (Phi) is 5.61. The lowest BCUT2D eigenvalue weighted by atomic mass is 10.0. The van der Waals surface area contributed by atoms with E-state index in [0.717, 1.165) is 27.7 Å². The van der Waals surface area contributed by atoms with Crippen LogP contribution in [0.15, 0.2) is 60.8 Å². The molecule has 0 saturated carbocycles. The number of nitrogens with one attached hydrogen (secondary N) is 1. The van der Waals surface area contributed by atoms with Crippen molar-refractivity contribution in [1.29, 1.82) is 0 Å². The minimum Gasteiger partial charge on any atom is -0.480 e. The summed E-state index contributed by atoms with van der Waals surface area (Å²) in [5.41, 5.74) is 3.39. The first kappa shape index (κ1) is 21.3. The first-order valence-corrected chi connectivity index (χ1v) is 11.7. The van der Waals surface area contributed by atoms with Crippen LogP contribution >= 0.6 is 18.5 Å². The van der Waals surface area contributed by atoms with Crippen molar-refractivity contribution < 1.29 is 13.9 Å². The van der Waals surface area contributed by atoms with Crippen LogP contribution in [0.5, 0.6) is 5.75 Å². The molecule has 1 aromatic heterocycles. The molecule has 4 unspecified atom stereocenters. The maximum atomic E-state index is 14.6. The number of carbonyl (C=O) groups is 1. The molecule has 2 aromatic carbocycles. The molecule has 8 heteroatoms. The van der Waals surface area contributed by atoms with Gasteiger partial charge in [0.1, 0.15) is 11.2 Å². The average Bonchev–Trinajstić information content (AvgIpc) is 3.37. The number of para-hydroxylation sites is 1. The molecular weight excluding hydrogens is 443 g/mol. The standard InChI is InChI=1S/C24H24FN3O2P2/c25-24(32)10-12-28(14-24)22-21(17(9-11-26-22)16-6-2-4-8-20(16)31)27-23(29)19-13-15-5-1-3-7-18(15)30-19/h1-9,11,19H,10,12-14,31-32H2,(H,27,29). The highest BCUT2D eigenvalue weighted by Gasteiger charge is 2.37. The van der Waals surface area contributed by atoms with E-state index in [1.165, 1.54) is 0 Å². The summed E-state index contributed by atoms with van der Waals surface area (Å²) in [7, 11) is 5.03. The van der Waals surface area contributed by atoms with Crippen molar-refractivity contribution in [3.8, 4) is 16.9 Å². The second kappa shape index (κ2) is 8.42. The van der Waals surface area contributed by atoms with E-state index >= 15 is 0 Å². The third-order valence-corrected chi connectivity index (χ3v) is 6.89. The van der Waals surface area contributed by atoms with E-state index < -0.39 is 11.5 Å². The van der Waals surface area contributed by atoms with Gasteiger partial charge < -0.3 is 15.0 Å². The molecule has 0 radical (unpaired) electrons. The number of fused-ring (bicyclic) bond motifs is 1. The lowest BCUT2D eigenvalue weighted by molar-refractivity contribution is -0.122. The lowest BCUT2D eigenvalue weighted by Gasteiger charge is -2.24. The van der Waals surface area contributed by atoms with Crippen LogP contribution in [0.4, 0.5) is 15.9 Å². The smallest absolute Gasteiger partial charge is 0.265 e. The van der Waals surface area contributed by atoms with E-state index in [1.54, 1.807) is 6.20 Å². The normalized spacial score (nSPS) is 21.8. The highest BCUT2D eigenvalue weighted by Crippen LogP contribution is 2.40. The summed E-state index contributed by atoms with van der Waals surface area (Å²) in [5.74, 6) is 1.07. The number of hydrogen-bond donors (Lipinski definition) is 1. The Morgan fingerprint density at radius 1 is 1.16 bits per heavy atom. The van der Waals surface area contributed by atoms with Crippen molar-refractivity contribution in [3.05, 3.63) is 66.4 Å². The topological polar surface area (TPSA) is 54.5 Å². The number of nitrogens with zero attached hydrogens (tertiary/aromatic N) is 2. The molecular formula is C24H24FN3O2P2. The fraction of sp³-hybridized carbons (Fsp3) is 0.250. The molecule has 1 fully saturated rings. The first-order chi connectivity index (χ1) is 15.4. The fourth-order valence-corrected chi connectivity index (χ4v) is 5.00. The first-order valence-electron chi connectivity index (χ1n) is 10.5. The number of anilines is 2. The van der Waals surface area contributed by atoms with Crippen molar-refractivity contribution in [2.24, 2.45) is 0 Å². The van der Waals surface area contributed by atoms with Crippen LogP contribution in [-0.4, -0.2) is 35.5 Å². The molecule has 3 aromatic rings. The van der Waals surface area contributed by atoms with Crippen molar-refractivity contribution in [2.75, 3.05) is 23.3 Å². The summed E-state index contributed by atoms with van der Waals surface area (Å²) in [5, 5.41) is 2.71. The van der Waals surface area contributed by atoms with Crippen molar-refractivity contribution >= 4 is 41.2 Å². The number of benzene rings is 2. The van der Waals surface area contributed by atoms with Crippen LogP contribution in [0.25, 0.3) is 11.1 Å². The number of rotatable bonds is 4. The zero-order chi connectivity index (χ0) is 22.3. The van der Waals surface area contributed by atoms with Crippen LogP contribution in [0, 0.1) is 0 Å². The van der Waals surface area contributed by atoms with Gasteiger partial charge >= 0.3 is 0 Å². The molecule has 5 nitrogen and oxygen atoms in total. The van der Waals surface area contributed by atoms with E-state index in [4.69, 9.17) is 4.74 Å². The van der Waals surface area contributed by atoms with Crippen molar-refractivity contribution in [2.45, 2.75) is 24.4 Å². The SMILES string of the molecule is O=C(Nc1c(-c2ccccc2P)ccnc1N1CCC(F)(P)C1)C1Cc2ccccc2O1. The van der Waals surface area contributed by atoms with E-state index in [2.05, 4.69) is 28.8 Å². The number of carbonyl (C=O) groups excluding carboxylic acids is 1. The number of ether oxygens (including phenoxy) is 1. The molecule has 5 rings (SSSR count). The van der Waals surface area contributed by atoms with Gasteiger partial charge in [-0.15, -0.1) is 9.24 Å². The second-order valence-electron chi connectivity index (χ2n) is 8.26. The molecule has 2 aliphatic rings. The number of amides is 1. The minimum absolute atomic E-state index is 0.199. The summed E-state index contributed by atoms with van der Waals surface area (Å²) >= 11 is 0. The highest BCUT2D eigenvalue weighted by molar-refractivity contribution is 7.28. The van der Waals surface area contributed by atoms with E-state index in [9.17, 15) is 9.18 Å². The summed E-state index contributed by atoms with van der Waals surface area (Å²) in [6, 6.07) is 17.5. The fourth-order valence-electron chi connectivity index (χ4n) is 4.29. The zero-order valence-electron chi connectivity index (χ0n) is 17.4. The number of hydrogen-bond acceptors (Lipinski definition) is 4. The Balaban J connectivity index is 1.52. The van der Waals surface area contributed by atoms with Gasteiger partial charge in [0.25, 0.3) is 5.91 Å². The Bertz CT molecular complexity index is 1160. The molecule has 0 aliphatic carbocycles. The molecule has 32 heavy (non-hydrogen) atoms.